The van der Waals surface area contributed by atoms with Crippen LogP contribution in [0.1, 0.15) is 27.7 Å². The summed E-state index contributed by atoms with van der Waals surface area (Å²) in [6.07, 6.45) is 0.984. The smallest absolute Gasteiger partial charge is 0.130 e. The van der Waals surface area contributed by atoms with Crippen molar-refractivity contribution in [3.8, 4) is 0 Å². The van der Waals surface area contributed by atoms with Crippen LogP contribution in [-0.2, 0) is 4.79 Å². The molecule has 2 unspecified atom stereocenters. The minimum absolute atomic E-state index is 0.0411. The number of hydrogen-bond acceptors (Lipinski definition) is 1. The van der Waals surface area contributed by atoms with Gasteiger partial charge in [-0.25, -0.2) is 0 Å². The van der Waals surface area contributed by atoms with Crippen molar-refractivity contribution in [1.82, 2.24) is 0 Å². The number of hydrogen-bond donors (Lipinski definition) is 0. The van der Waals surface area contributed by atoms with Crippen molar-refractivity contribution in [2.45, 2.75) is 32.9 Å². The Labute approximate surface area is 59.4 Å². The third-order valence-electron chi connectivity index (χ3n) is 1.86. The molecular formula is C7H15OP. The van der Waals surface area contributed by atoms with Crippen LogP contribution in [0.2, 0.25) is 0 Å². The van der Waals surface area contributed by atoms with E-state index in [-0.39, 0.29) is 10.6 Å². The van der Waals surface area contributed by atoms with Crippen molar-refractivity contribution in [3.63, 3.8) is 0 Å². The first-order chi connectivity index (χ1) is 3.81. The van der Waals surface area contributed by atoms with Gasteiger partial charge in [0, 0.05) is 5.16 Å². The third kappa shape index (κ3) is 2.06. The molecule has 0 spiro atoms. The van der Waals surface area contributed by atoms with Crippen molar-refractivity contribution in [2.24, 2.45) is 5.41 Å². The first kappa shape index (κ1) is 9.10. The van der Waals surface area contributed by atoms with E-state index >= 15 is 0 Å². The Hall–Kier alpha value is 0.100. The standard InChI is InChI=1S/C7H15OP/c1-6(2,3)7(4,9)5-8/h5H,9H2,1-4H3. The monoisotopic (exact) mass is 146 g/mol. The van der Waals surface area contributed by atoms with Gasteiger partial charge in [-0.3, -0.25) is 0 Å². The molecule has 0 aromatic rings. The molecule has 0 aromatic carbocycles. The summed E-state index contributed by atoms with van der Waals surface area (Å²) < 4.78 is 0. The molecule has 0 aliphatic heterocycles. The summed E-state index contributed by atoms with van der Waals surface area (Å²) in [6, 6.07) is 0. The van der Waals surface area contributed by atoms with Gasteiger partial charge in [0.1, 0.15) is 6.29 Å². The van der Waals surface area contributed by atoms with Crippen LogP contribution >= 0.6 is 9.24 Å². The number of carbonyl (C=O) groups excluding carboxylic acids is 1. The largest absolute Gasteiger partial charge is 0.302 e. The Morgan fingerprint density at radius 3 is 1.56 bits per heavy atom. The fraction of sp³-hybridized carbons (Fsp3) is 0.857. The summed E-state index contributed by atoms with van der Waals surface area (Å²) in [4.78, 5) is 10.5. The molecule has 1 nitrogen and oxygen atoms in total. The molecule has 0 N–H and O–H groups in total. The molecule has 0 fully saturated rings. The maximum Gasteiger partial charge on any atom is 0.130 e. The fourth-order valence-electron chi connectivity index (χ4n) is 0.177. The normalized spacial score (nSPS) is 18.8. The molecule has 54 valence electrons. The maximum absolute atomic E-state index is 10.5. The van der Waals surface area contributed by atoms with Gasteiger partial charge in [0.2, 0.25) is 0 Å². The van der Waals surface area contributed by atoms with E-state index in [9.17, 15) is 4.79 Å². The van der Waals surface area contributed by atoms with E-state index in [0.717, 1.165) is 6.29 Å². The maximum atomic E-state index is 10.5. The molecule has 0 radical (unpaired) electrons. The second-order valence-corrected chi connectivity index (χ2v) is 4.85. The Bertz CT molecular complexity index is 111. The minimum atomic E-state index is -0.285. The van der Waals surface area contributed by atoms with Crippen LogP contribution < -0.4 is 0 Å². The Morgan fingerprint density at radius 2 is 1.56 bits per heavy atom. The van der Waals surface area contributed by atoms with Crippen molar-refractivity contribution < 1.29 is 4.79 Å². The lowest BCUT2D eigenvalue weighted by Gasteiger charge is -2.32. The Balaban J connectivity index is 4.32. The second kappa shape index (κ2) is 2.38. The van der Waals surface area contributed by atoms with Crippen molar-refractivity contribution in [1.29, 1.82) is 0 Å². The number of rotatable bonds is 1. The quantitative estimate of drug-likeness (QED) is 0.407. The van der Waals surface area contributed by atoms with Crippen LogP contribution in [0.15, 0.2) is 0 Å². The molecule has 0 bridgehead atoms. The number of aldehydes is 1. The van der Waals surface area contributed by atoms with Gasteiger partial charge in [-0.2, -0.15) is 0 Å². The predicted octanol–water partition coefficient (Wildman–Crippen LogP) is 1.87. The van der Waals surface area contributed by atoms with E-state index in [0.29, 0.717) is 0 Å². The van der Waals surface area contributed by atoms with Crippen LogP contribution in [0.25, 0.3) is 0 Å². The first-order valence-electron chi connectivity index (χ1n) is 3.06. The van der Waals surface area contributed by atoms with Gasteiger partial charge in [0.25, 0.3) is 0 Å². The summed E-state index contributed by atoms with van der Waals surface area (Å²) in [5.41, 5.74) is 0.0411. The number of carbonyl (C=O) groups is 1. The molecule has 2 atom stereocenters. The van der Waals surface area contributed by atoms with Gasteiger partial charge in [-0.1, -0.05) is 20.8 Å². The lowest BCUT2D eigenvalue weighted by atomic mass is 9.82. The van der Waals surface area contributed by atoms with Gasteiger partial charge in [0.05, 0.1) is 0 Å². The highest BCUT2D eigenvalue weighted by Crippen LogP contribution is 2.35. The van der Waals surface area contributed by atoms with Crippen molar-refractivity contribution in [2.75, 3.05) is 0 Å². The molecule has 2 heteroatoms. The lowest BCUT2D eigenvalue weighted by molar-refractivity contribution is -0.111. The highest BCUT2D eigenvalue weighted by Gasteiger charge is 2.32. The van der Waals surface area contributed by atoms with Crippen LogP contribution in [0.4, 0.5) is 0 Å². The molecule has 0 rings (SSSR count). The molecule has 0 aliphatic rings. The van der Waals surface area contributed by atoms with E-state index < -0.39 is 0 Å². The highest BCUT2D eigenvalue weighted by molar-refractivity contribution is 7.20. The van der Waals surface area contributed by atoms with Crippen LogP contribution in [0.3, 0.4) is 0 Å². The zero-order valence-electron chi connectivity index (χ0n) is 6.56. The summed E-state index contributed by atoms with van der Waals surface area (Å²) in [7, 11) is 2.57. The Kier molecular flexibility index (Phi) is 2.41. The first-order valence-corrected chi connectivity index (χ1v) is 3.64. The summed E-state index contributed by atoms with van der Waals surface area (Å²) >= 11 is 0. The SMILES string of the molecule is CC(C)(C)C(C)(P)C=O. The average molecular weight is 146 g/mol. The van der Waals surface area contributed by atoms with Crippen molar-refractivity contribution in [3.05, 3.63) is 0 Å². The predicted molar refractivity (Wildman–Crippen MR) is 43.6 cm³/mol. The zero-order chi connectivity index (χ0) is 7.71. The lowest BCUT2D eigenvalue weighted by Crippen LogP contribution is -2.34. The Morgan fingerprint density at radius 1 is 1.22 bits per heavy atom. The molecule has 0 saturated heterocycles. The van der Waals surface area contributed by atoms with Gasteiger partial charge in [0.15, 0.2) is 0 Å². The van der Waals surface area contributed by atoms with E-state index in [1.807, 2.05) is 6.92 Å². The van der Waals surface area contributed by atoms with Crippen LogP contribution in [-0.4, -0.2) is 11.4 Å². The fourth-order valence-corrected chi connectivity index (χ4v) is 0.177. The van der Waals surface area contributed by atoms with Crippen LogP contribution in [0.5, 0.6) is 0 Å². The minimum Gasteiger partial charge on any atom is -0.302 e. The highest BCUT2D eigenvalue weighted by atomic mass is 31.0. The topological polar surface area (TPSA) is 17.1 Å². The third-order valence-corrected chi connectivity index (χ3v) is 2.86. The molecule has 0 aliphatic carbocycles. The second-order valence-electron chi connectivity index (χ2n) is 3.65. The summed E-state index contributed by atoms with van der Waals surface area (Å²) in [6.45, 7) is 8.07. The molecule has 0 aromatic heterocycles. The zero-order valence-corrected chi connectivity index (χ0v) is 7.72. The van der Waals surface area contributed by atoms with Gasteiger partial charge >= 0.3 is 0 Å². The van der Waals surface area contributed by atoms with E-state index in [4.69, 9.17) is 0 Å². The molecule has 0 saturated carbocycles. The van der Waals surface area contributed by atoms with Crippen LogP contribution in [0, 0.1) is 5.41 Å². The molecular weight excluding hydrogens is 131 g/mol. The van der Waals surface area contributed by atoms with E-state index in [1.165, 1.54) is 0 Å². The van der Waals surface area contributed by atoms with E-state index in [2.05, 4.69) is 30.0 Å². The van der Waals surface area contributed by atoms with Crippen molar-refractivity contribution >= 4 is 15.5 Å². The molecule has 0 heterocycles. The van der Waals surface area contributed by atoms with Gasteiger partial charge < -0.3 is 4.79 Å². The summed E-state index contributed by atoms with van der Waals surface area (Å²) in [5, 5.41) is -0.285. The summed E-state index contributed by atoms with van der Waals surface area (Å²) in [5.74, 6) is 0. The van der Waals surface area contributed by atoms with Gasteiger partial charge in [-0.05, 0) is 12.3 Å². The molecule has 0 amide bonds. The van der Waals surface area contributed by atoms with Gasteiger partial charge in [-0.15, -0.1) is 9.24 Å². The average Bonchev–Trinajstić information content (AvgIpc) is 1.64. The van der Waals surface area contributed by atoms with E-state index in [1.54, 1.807) is 0 Å². The molecule has 9 heavy (non-hydrogen) atoms.